The van der Waals surface area contributed by atoms with Gasteiger partial charge in [-0.2, -0.15) is 0 Å². The van der Waals surface area contributed by atoms with Gasteiger partial charge < -0.3 is 5.32 Å². The zero-order valence-electron chi connectivity index (χ0n) is 9.60. The Morgan fingerprint density at radius 2 is 2.06 bits per heavy atom. The first-order chi connectivity index (χ1) is 7.34. The molecule has 0 bridgehead atoms. The predicted octanol–water partition coefficient (Wildman–Crippen LogP) is 4.12. The van der Waals surface area contributed by atoms with Crippen LogP contribution in [-0.4, -0.2) is 10.2 Å². The lowest BCUT2D eigenvalue weighted by molar-refractivity contribution is -0.117. The van der Waals surface area contributed by atoms with Crippen LogP contribution in [0.3, 0.4) is 0 Å². The fraction of sp³-hybridized carbons (Fsp3) is 0.417. The molecule has 0 saturated carbocycles. The van der Waals surface area contributed by atoms with Crippen molar-refractivity contribution in [2.24, 2.45) is 0 Å². The summed E-state index contributed by atoms with van der Waals surface area (Å²) in [5.41, 5.74) is 2.00. The van der Waals surface area contributed by atoms with E-state index in [0.29, 0.717) is 0 Å². The van der Waals surface area contributed by atoms with Crippen LogP contribution in [-0.2, 0) is 11.2 Å². The number of anilines is 1. The Hall–Kier alpha value is -0.350. The topological polar surface area (TPSA) is 29.1 Å². The molecule has 0 radical (unpaired) electrons. The quantitative estimate of drug-likeness (QED) is 0.818. The number of rotatable bonds is 3. The van der Waals surface area contributed by atoms with E-state index >= 15 is 0 Å². The van der Waals surface area contributed by atoms with Crippen molar-refractivity contribution >= 4 is 43.5 Å². The summed E-state index contributed by atoms with van der Waals surface area (Å²) in [5.74, 6) is -0.0375. The summed E-state index contributed by atoms with van der Waals surface area (Å²) in [5, 5.41) is 2.92. The number of halogens is 2. The SMILES string of the molecule is CCc1cc(Br)ccc1NC(=O)C(C)(C)Br. The number of amides is 1. The molecule has 0 aromatic heterocycles. The lowest BCUT2D eigenvalue weighted by atomic mass is 10.1. The summed E-state index contributed by atoms with van der Waals surface area (Å²) in [6.45, 7) is 5.72. The number of carbonyl (C=O) groups is 1. The highest BCUT2D eigenvalue weighted by Crippen LogP contribution is 2.24. The summed E-state index contributed by atoms with van der Waals surface area (Å²) < 4.78 is 0.478. The van der Waals surface area contributed by atoms with Crippen molar-refractivity contribution in [2.45, 2.75) is 31.5 Å². The van der Waals surface area contributed by atoms with Crippen LogP contribution in [0, 0.1) is 0 Å². The molecule has 1 N–H and O–H groups in total. The molecule has 1 aromatic carbocycles. The third kappa shape index (κ3) is 3.59. The third-order valence-corrected chi connectivity index (χ3v) is 3.09. The van der Waals surface area contributed by atoms with Crippen LogP contribution < -0.4 is 5.32 Å². The molecule has 2 nitrogen and oxygen atoms in total. The molecule has 0 heterocycles. The summed E-state index contributed by atoms with van der Waals surface area (Å²) in [6, 6.07) is 5.87. The second kappa shape index (κ2) is 5.32. The van der Waals surface area contributed by atoms with Crippen molar-refractivity contribution in [3.8, 4) is 0 Å². The molecule has 0 aliphatic carbocycles. The average Bonchev–Trinajstić information content (AvgIpc) is 2.19. The Labute approximate surface area is 113 Å². The van der Waals surface area contributed by atoms with Crippen LogP contribution in [0.2, 0.25) is 0 Å². The van der Waals surface area contributed by atoms with E-state index in [4.69, 9.17) is 0 Å². The molecule has 1 aromatic rings. The van der Waals surface area contributed by atoms with Crippen LogP contribution in [0.5, 0.6) is 0 Å². The van der Waals surface area contributed by atoms with Gasteiger partial charge in [0.05, 0.1) is 4.32 Å². The van der Waals surface area contributed by atoms with Gasteiger partial charge in [-0.3, -0.25) is 4.79 Å². The van der Waals surface area contributed by atoms with E-state index in [-0.39, 0.29) is 5.91 Å². The van der Waals surface area contributed by atoms with Gasteiger partial charge in [0.1, 0.15) is 0 Å². The van der Waals surface area contributed by atoms with Crippen molar-refractivity contribution in [3.05, 3.63) is 28.2 Å². The first-order valence-corrected chi connectivity index (χ1v) is 6.72. The van der Waals surface area contributed by atoms with Gasteiger partial charge in [-0.15, -0.1) is 0 Å². The Kier molecular flexibility index (Phi) is 4.56. The van der Waals surface area contributed by atoms with Gasteiger partial charge in [0, 0.05) is 10.2 Å². The fourth-order valence-electron chi connectivity index (χ4n) is 1.25. The van der Waals surface area contributed by atoms with Crippen molar-refractivity contribution in [3.63, 3.8) is 0 Å². The molecular formula is C12H15Br2NO. The van der Waals surface area contributed by atoms with Gasteiger partial charge in [-0.05, 0) is 44.0 Å². The molecule has 0 aliphatic rings. The number of hydrogen-bond donors (Lipinski definition) is 1. The normalized spacial score (nSPS) is 11.3. The van der Waals surface area contributed by atoms with Crippen molar-refractivity contribution in [1.29, 1.82) is 0 Å². The maximum Gasteiger partial charge on any atom is 0.240 e. The van der Waals surface area contributed by atoms with Gasteiger partial charge in [-0.1, -0.05) is 38.8 Å². The summed E-state index contributed by atoms with van der Waals surface area (Å²) in [6.07, 6.45) is 0.887. The second-order valence-corrected chi connectivity index (χ2v) is 6.98. The van der Waals surface area contributed by atoms with Crippen LogP contribution in [0.25, 0.3) is 0 Å². The molecule has 0 unspecified atom stereocenters. The molecule has 0 fully saturated rings. The molecule has 0 atom stereocenters. The largest absolute Gasteiger partial charge is 0.325 e. The van der Waals surface area contributed by atoms with E-state index in [1.54, 1.807) is 0 Å². The second-order valence-electron chi connectivity index (χ2n) is 4.08. The minimum atomic E-state index is -0.551. The zero-order valence-corrected chi connectivity index (χ0v) is 12.8. The predicted molar refractivity (Wildman–Crippen MR) is 75.2 cm³/mol. The molecule has 0 spiro atoms. The Balaban J connectivity index is 2.93. The van der Waals surface area contributed by atoms with Crippen LogP contribution in [0.4, 0.5) is 5.69 Å². The molecule has 88 valence electrons. The van der Waals surface area contributed by atoms with Crippen molar-refractivity contribution < 1.29 is 4.79 Å². The average molecular weight is 349 g/mol. The number of benzene rings is 1. The molecule has 0 saturated heterocycles. The van der Waals surface area contributed by atoms with Crippen LogP contribution >= 0.6 is 31.9 Å². The number of nitrogens with one attached hydrogen (secondary N) is 1. The van der Waals surface area contributed by atoms with Crippen molar-refractivity contribution in [2.75, 3.05) is 5.32 Å². The lowest BCUT2D eigenvalue weighted by Crippen LogP contribution is -2.31. The Bertz CT molecular complexity index is 396. The summed E-state index contributed by atoms with van der Waals surface area (Å²) >= 11 is 6.76. The van der Waals surface area contributed by atoms with Crippen LogP contribution in [0.15, 0.2) is 22.7 Å². The maximum absolute atomic E-state index is 11.8. The number of alkyl halides is 1. The Morgan fingerprint density at radius 3 is 2.56 bits per heavy atom. The number of carbonyl (C=O) groups excluding carboxylic acids is 1. The highest BCUT2D eigenvalue weighted by Gasteiger charge is 2.24. The highest BCUT2D eigenvalue weighted by atomic mass is 79.9. The maximum atomic E-state index is 11.8. The fourth-order valence-corrected chi connectivity index (χ4v) is 1.76. The standard InChI is InChI=1S/C12H15Br2NO/c1-4-8-7-9(13)5-6-10(8)15-11(16)12(2,3)14/h5-7H,4H2,1-3H3,(H,15,16). The third-order valence-electron chi connectivity index (χ3n) is 2.24. The van der Waals surface area contributed by atoms with E-state index in [9.17, 15) is 4.79 Å². The summed E-state index contributed by atoms with van der Waals surface area (Å²) in [4.78, 5) is 11.8. The highest BCUT2D eigenvalue weighted by molar-refractivity contribution is 9.10. The van der Waals surface area contributed by atoms with E-state index in [1.807, 2.05) is 32.0 Å². The molecule has 0 aliphatic heterocycles. The smallest absolute Gasteiger partial charge is 0.240 e. The number of hydrogen-bond acceptors (Lipinski definition) is 1. The van der Waals surface area contributed by atoms with E-state index in [1.165, 1.54) is 0 Å². The monoisotopic (exact) mass is 347 g/mol. The first kappa shape index (κ1) is 13.7. The molecule has 16 heavy (non-hydrogen) atoms. The van der Waals surface area contributed by atoms with Gasteiger partial charge >= 0.3 is 0 Å². The van der Waals surface area contributed by atoms with E-state index in [0.717, 1.165) is 22.1 Å². The zero-order chi connectivity index (χ0) is 12.3. The molecule has 1 amide bonds. The lowest BCUT2D eigenvalue weighted by Gasteiger charge is -2.17. The van der Waals surface area contributed by atoms with E-state index in [2.05, 4.69) is 44.1 Å². The first-order valence-electron chi connectivity index (χ1n) is 5.13. The van der Waals surface area contributed by atoms with E-state index < -0.39 is 4.32 Å². The number of aryl methyl sites for hydroxylation is 1. The van der Waals surface area contributed by atoms with Gasteiger partial charge in [0.2, 0.25) is 5.91 Å². The molecule has 1 rings (SSSR count). The molecular weight excluding hydrogens is 334 g/mol. The minimum absolute atomic E-state index is 0.0375. The molecule has 4 heteroatoms. The van der Waals surface area contributed by atoms with Gasteiger partial charge in [0.25, 0.3) is 0 Å². The Morgan fingerprint density at radius 1 is 1.44 bits per heavy atom. The van der Waals surface area contributed by atoms with Gasteiger partial charge in [-0.25, -0.2) is 0 Å². The summed E-state index contributed by atoms with van der Waals surface area (Å²) in [7, 11) is 0. The minimum Gasteiger partial charge on any atom is -0.325 e. The van der Waals surface area contributed by atoms with Crippen molar-refractivity contribution in [1.82, 2.24) is 0 Å². The van der Waals surface area contributed by atoms with Crippen LogP contribution in [0.1, 0.15) is 26.3 Å². The van der Waals surface area contributed by atoms with Gasteiger partial charge in [0.15, 0.2) is 0 Å².